The lowest BCUT2D eigenvalue weighted by Crippen LogP contribution is -1.96. The van der Waals surface area contributed by atoms with E-state index < -0.39 is 0 Å². The van der Waals surface area contributed by atoms with Gasteiger partial charge in [0.2, 0.25) is 0 Å². The third kappa shape index (κ3) is 2.15. The molecule has 1 aromatic heterocycles. The highest BCUT2D eigenvalue weighted by Gasteiger charge is 1.99. The zero-order valence-electron chi connectivity index (χ0n) is 6.47. The molecule has 0 spiro atoms. The van der Waals surface area contributed by atoms with Crippen LogP contribution in [0, 0.1) is 13.8 Å². The van der Waals surface area contributed by atoms with Gasteiger partial charge in [0, 0.05) is 0 Å². The third-order valence-corrected chi connectivity index (χ3v) is 1.66. The molecule has 0 saturated carbocycles. The summed E-state index contributed by atoms with van der Waals surface area (Å²) in [7, 11) is 0. The van der Waals surface area contributed by atoms with E-state index in [9.17, 15) is 0 Å². The van der Waals surface area contributed by atoms with Crippen LogP contribution in [0.5, 0.6) is 0 Å². The number of aryl methyl sites for hydroxylation is 2. The molecule has 59 valence electrons. The molecule has 0 atom stereocenters. The second kappa shape index (κ2) is 3.67. The fourth-order valence-corrected chi connectivity index (χ4v) is 1.09. The molecular formula is C8H10ClN2. The number of hydrogen-bond donors (Lipinski definition) is 0. The smallest absolute Gasteiger partial charge is 0.151 e. The van der Waals surface area contributed by atoms with E-state index in [4.69, 9.17) is 11.6 Å². The van der Waals surface area contributed by atoms with E-state index in [2.05, 4.69) is 17.1 Å². The van der Waals surface area contributed by atoms with Crippen molar-refractivity contribution in [3.8, 4) is 0 Å². The van der Waals surface area contributed by atoms with E-state index in [0.29, 0.717) is 5.15 Å². The number of hydrogen-bond acceptors (Lipinski definition) is 2. The lowest BCUT2D eigenvalue weighted by molar-refractivity contribution is 0.859. The first kappa shape index (κ1) is 8.47. The quantitative estimate of drug-likeness (QED) is 0.679. The number of rotatable bonds is 2. The summed E-state index contributed by atoms with van der Waals surface area (Å²) in [5.41, 5.74) is 2.08. The molecule has 0 aliphatic rings. The summed E-state index contributed by atoms with van der Waals surface area (Å²) >= 11 is 5.63. The summed E-state index contributed by atoms with van der Waals surface area (Å²) in [5, 5.41) is 8.15. The summed E-state index contributed by atoms with van der Waals surface area (Å²) in [6.07, 6.45) is 1.72. The second-order valence-electron chi connectivity index (χ2n) is 2.40. The van der Waals surface area contributed by atoms with Crippen LogP contribution in [0.25, 0.3) is 0 Å². The van der Waals surface area contributed by atoms with Crippen LogP contribution in [-0.4, -0.2) is 10.2 Å². The average Bonchev–Trinajstić information content (AvgIpc) is 1.95. The molecular weight excluding hydrogens is 160 g/mol. The summed E-state index contributed by atoms with van der Waals surface area (Å²) in [6, 6.07) is 1.82. The molecule has 0 fully saturated rings. The summed E-state index contributed by atoms with van der Waals surface area (Å²) < 4.78 is 0. The Labute approximate surface area is 71.6 Å². The normalized spacial score (nSPS) is 10.1. The van der Waals surface area contributed by atoms with Crippen molar-refractivity contribution < 1.29 is 0 Å². The molecule has 11 heavy (non-hydrogen) atoms. The van der Waals surface area contributed by atoms with Gasteiger partial charge in [-0.05, 0) is 31.4 Å². The lowest BCUT2D eigenvalue weighted by atomic mass is 10.1. The second-order valence-corrected chi connectivity index (χ2v) is 2.79. The van der Waals surface area contributed by atoms with Gasteiger partial charge in [0.25, 0.3) is 0 Å². The minimum Gasteiger partial charge on any atom is -0.154 e. The van der Waals surface area contributed by atoms with Crippen LogP contribution in [0.3, 0.4) is 0 Å². The van der Waals surface area contributed by atoms with Crippen molar-refractivity contribution in [1.82, 2.24) is 10.2 Å². The maximum atomic E-state index is 5.63. The Morgan fingerprint density at radius 2 is 2.27 bits per heavy atom. The standard InChI is InChI=1S/C8H10ClN2/c1-3-4-7-6(2)5-8(9)11-10-7/h5H,1,3-4H2,2H3. The van der Waals surface area contributed by atoms with E-state index in [1.165, 1.54) is 0 Å². The topological polar surface area (TPSA) is 25.8 Å². The monoisotopic (exact) mass is 169 g/mol. The van der Waals surface area contributed by atoms with Crippen LogP contribution in [0.2, 0.25) is 5.15 Å². The van der Waals surface area contributed by atoms with Crippen molar-refractivity contribution in [2.75, 3.05) is 0 Å². The van der Waals surface area contributed by atoms with Gasteiger partial charge in [0.1, 0.15) is 0 Å². The Bertz CT molecular complexity index is 248. The van der Waals surface area contributed by atoms with Crippen LogP contribution in [0.1, 0.15) is 17.7 Å². The zero-order valence-corrected chi connectivity index (χ0v) is 7.23. The van der Waals surface area contributed by atoms with E-state index in [1.807, 2.05) is 13.0 Å². The van der Waals surface area contributed by atoms with Crippen LogP contribution < -0.4 is 0 Å². The van der Waals surface area contributed by atoms with E-state index >= 15 is 0 Å². The van der Waals surface area contributed by atoms with Crippen molar-refractivity contribution in [1.29, 1.82) is 0 Å². The zero-order chi connectivity index (χ0) is 8.27. The Balaban J connectivity index is 2.90. The van der Waals surface area contributed by atoms with Gasteiger partial charge in [-0.2, -0.15) is 5.10 Å². The van der Waals surface area contributed by atoms with Crippen molar-refractivity contribution in [3.05, 3.63) is 29.4 Å². The Hall–Kier alpha value is -0.630. The summed E-state index contributed by atoms with van der Waals surface area (Å²) in [4.78, 5) is 0. The number of nitrogens with zero attached hydrogens (tertiary/aromatic N) is 2. The third-order valence-electron chi connectivity index (χ3n) is 1.47. The average molecular weight is 170 g/mol. The van der Waals surface area contributed by atoms with Crippen molar-refractivity contribution in [2.24, 2.45) is 0 Å². The van der Waals surface area contributed by atoms with Crippen LogP contribution in [0.4, 0.5) is 0 Å². The number of aromatic nitrogens is 2. The molecule has 1 heterocycles. The van der Waals surface area contributed by atoms with Gasteiger partial charge >= 0.3 is 0 Å². The minimum atomic E-state index is 0.454. The summed E-state index contributed by atoms with van der Waals surface area (Å²) in [5.74, 6) is 0. The predicted molar refractivity (Wildman–Crippen MR) is 45.5 cm³/mol. The maximum Gasteiger partial charge on any atom is 0.151 e. The van der Waals surface area contributed by atoms with Crippen LogP contribution >= 0.6 is 11.6 Å². The number of halogens is 1. The van der Waals surface area contributed by atoms with Gasteiger partial charge in [-0.15, -0.1) is 5.10 Å². The van der Waals surface area contributed by atoms with E-state index in [0.717, 1.165) is 24.1 Å². The first-order chi connectivity index (χ1) is 5.24. The van der Waals surface area contributed by atoms with Gasteiger partial charge in [-0.3, -0.25) is 0 Å². The Morgan fingerprint density at radius 3 is 2.82 bits per heavy atom. The first-order valence-corrected chi connectivity index (χ1v) is 3.90. The van der Waals surface area contributed by atoms with Gasteiger partial charge in [0.05, 0.1) is 5.69 Å². The molecule has 1 radical (unpaired) electrons. The van der Waals surface area contributed by atoms with Crippen molar-refractivity contribution >= 4 is 11.6 Å². The molecule has 0 N–H and O–H groups in total. The molecule has 2 nitrogen and oxygen atoms in total. The van der Waals surface area contributed by atoms with Crippen LogP contribution in [0.15, 0.2) is 6.07 Å². The Morgan fingerprint density at radius 1 is 1.55 bits per heavy atom. The lowest BCUT2D eigenvalue weighted by Gasteiger charge is -2.00. The molecule has 0 amide bonds. The SMILES string of the molecule is [CH2]CCc1nnc(Cl)cc1C. The van der Waals surface area contributed by atoms with E-state index in [1.54, 1.807) is 0 Å². The molecule has 1 rings (SSSR count). The molecule has 0 saturated heterocycles. The van der Waals surface area contributed by atoms with Gasteiger partial charge in [0.15, 0.2) is 5.15 Å². The molecule has 3 heteroatoms. The first-order valence-electron chi connectivity index (χ1n) is 3.52. The largest absolute Gasteiger partial charge is 0.154 e. The highest BCUT2D eigenvalue weighted by Crippen LogP contribution is 2.10. The highest BCUT2D eigenvalue weighted by atomic mass is 35.5. The van der Waals surface area contributed by atoms with Crippen LogP contribution in [-0.2, 0) is 6.42 Å². The fourth-order valence-electron chi connectivity index (χ4n) is 0.892. The fraction of sp³-hybridized carbons (Fsp3) is 0.375. The molecule has 1 aromatic rings. The molecule has 0 unspecified atom stereocenters. The minimum absolute atomic E-state index is 0.454. The molecule has 0 aromatic carbocycles. The van der Waals surface area contributed by atoms with Gasteiger partial charge in [-0.25, -0.2) is 0 Å². The maximum absolute atomic E-state index is 5.63. The Kier molecular flexibility index (Phi) is 2.83. The van der Waals surface area contributed by atoms with Gasteiger partial charge < -0.3 is 0 Å². The molecule has 0 bridgehead atoms. The van der Waals surface area contributed by atoms with Crippen molar-refractivity contribution in [2.45, 2.75) is 19.8 Å². The highest BCUT2D eigenvalue weighted by molar-refractivity contribution is 6.29. The van der Waals surface area contributed by atoms with Crippen molar-refractivity contribution in [3.63, 3.8) is 0 Å². The van der Waals surface area contributed by atoms with Gasteiger partial charge in [-0.1, -0.05) is 18.5 Å². The van der Waals surface area contributed by atoms with E-state index in [-0.39, 0.29) is 0 Å². The summed E-state index contributed by atoms with van der Waals surface area (Å²) in [6.45, 7) is 5.72. The predicted octanol–water partition coefficient (Wildman–Crippen LogP) is 2.21. The molecule has 0 aliphatic carbocycles. The molecule has 0 aliphatic heterocycles.